The van der Waals surface area contributed by atoms with Gasteiger partial charge in [0.2, 0.25) is 0 Å². The fourth-order valence-corrected chi connectivity index (χ4v) is 2.61. The van der Waals surface area contributed by atoms with E-state index in [0.29, 0.717) is 5.69 Å². The third-order valence-electron chi connectivity index (χ3n) is 3.88. The highest BCUT2D eigenvalue weighted by Gasteiger charge is 2.14. The lowest BCUT2D eigenvalue weighted by molar-refractivity contribution is 0.0697. The summed E-state index contributed by atoms with van der Waals surface area (Å²) >= 11 is 0. The normalized spacial score (nSPS) is 11.0. The van der Waals surface area contributed by atoms with Crippen LogP contribution in [0.3, 0.4) is 0 Å². The van der Waals surface area contributed by atoms with E-state index in [1.807, 2.05) is 51.1 Å². The minimum Gasteiger partial charge on any atom is -0.478 e. The number of aromatic nitrogens is 3. The number of nitrogens with zero attached hydrogens (tertiary/aromatic N) is 3. The van der Waals surface area contributed by atoms with Crippen molar-refractivity contribution in [3.63, 3.8) is 0 Å². The molecule has 0 saturated carbocycles. The van der Waals surface area contributed by atoms with Gasteiger partial charge in [0.15, 0.2) is 0 Å². The van der Waals surface area contributed by atoms with Gasteiger partial charge in [-0.3, -0.25) is 0 Å². The van der Waals surface area contributed by atoms with Crippen molar-refractivity contribution >= 4 is 5.97 Å². The van der Waals surface area contributed by atoms with E-state index in [1.54, 1.807) is 16.8 Å². The largest absolute Gasteiger partial charge is 0.478 e. The maximum atomic E-state index is 11.5. The van der Waals surface area contributed by atoms with Gasteiger partial charge in [-0.05, 0) is 36.2 Å². The summed E-state index contributed by atoms with van der Waals surface area (Å²) in [5, 5.41) is 13.7. The molecule has 5 heteroatoms. The van der Waals surface area contributed by atoms with Gasteiger partial charge in [0, 0.05) is 5.92 Å². The molecular formula is C19H19N3O2. The first-order chi connectivity index (χ1) is 11.5. The Hall–Kier alpha value is -2.95. The van der Waals surface area contributed by atoms with Crippen LogP contribution in [-0.4, -0.2) is 25.8 Å². The molecule has 24 heavy (non-hydrogen) atoms. The molecule has 1 N–H and O–H groups in total. The zero-order chi connectivity index (χ0) is 17.3. The summed E-state index contributed by atoms with van der Waals surface area (Å²) in [7, 11) is 0. The van der Waals surface area contributed by atoms with Gasteiger partial charge in [-0.15, -0.1) is 0 Å². The predicted molar refractivity (Wildman–Crippen MR) is 92.6 cm³/mol. The Morgan fingerprint density at radius 1 is 1.08 bits per heavy atom. The third kappa shape index (κ3) is 3.06. The van der Waals surface area contributed by atoms with Crippen LogP contribution in [-0.2, 0) is 0 Å². The number of hydrogen-bond donors (Lipinski definition) is 1. The van der Waals surface area contributed by atoms with E-state index >= 15 is 0 Å². The van der Waals surface area contributed by atoms with E-state index in [4.69, 9.17) is 0 Å². The van der Waals surface area contributed by atoms with E-state index in [9.17, 15) is 9.90 Å². The first-order valence-electron chi connectivity index (χ1n) is 7.81. The number of aryl methyl sites for hydroxylation is 1. The second-order valence-electron chi connectivity index (χ2n) is 6.12. The van der Waals surface area contributed by atoms with Crippen molar-refractivity contribution in [1.82, 2.24) is 14.8 Å². The molecule has 122 valence electrons. The lowest BCUT2D eigenvalue weighted by Gasteiger charge is -2.12. The fourth-order valence-electron chi connectivity index (χ4n) is 2.61. The van der Waals surface area contributed by atoms with Gasteiger partial charge < -0.3 is 5.11 Å². The van der Waals surface area contributed by atoms with E-state index in [2.05, 4.69) is 10.1 Å². The zero-order valence-electron chi connectivity index (χ0n) is 13.9. The molecule has 3 aromatic rings. The van der Waals surface area contributed by atoms with Crippen LogP contribution in [0.4, 0.5) is 0 Å². The maximum absolute atomic E-state index is 11.5. The molecule has 0 saturated heterocycles. The number of benzene rings is 2. The Balaban J connectivity index is 2.18. The van der Waals surface area contributed by atoms with Crippen LogP contribution in [0.15, 0.2) is 48.8 Å². The van der Waals surface area contributed by atoms with Gasteiger partial charge in [-0.25, -0.2) is 14.5 Å². The summed E-state index contributed by atoms with van der Waals surface area (Å²) < 4.78 is 1.70. The zero-order valence-corrected chi connectivity index (χ0v) is 13.9. The minimum absolute atomic E-state index is 0.184. The van der Waals surface area contributed by atoms with Crippen molar-refractivity contribution in [2.75, 3.05) is 0 Å². The molecule has 0 bridgehead atoms. The third-order valence-corrected chi connectivity index (χ3v) is 3.88. The van der Waals surface area contributed by atoms with Crippen molar-refractivity contribution in [2.45, 2.75) is 26.7 Å². The number of rotatable bonds is 4. The SMILES string of the molecule is Cc1ccc(-c2cc(C(=O)O)cc(-n3ncnc3C(C)C)c2)cc1. The van der Waals surface area contributed by atoms with Crippen LogP contribution in [0.2, 0.25) is 0 Å². The van der Waals surface area contributed by atoms with Gasteiger partial charge >= 0.3 is 5.97 Å². The molecule has 3 rings (SSSR count). The maximum Gasteiger partial charge on any atom is 0.335 e. The Labute approximate surface area is 140 Å². The Morgan fingerprint density at radius 2 is 1.79 bits per heavy atom. The van der Waals surface area contributed by atoms with Crippen LogP contribution >= 0.6 is 0 Å². The van der Waals surface area contributed by atoms with Crippen molar-refractivity contribution in [3.8, 4) is 16.8 Å². The lowest BCUT2D eigenvalue weighted by atomic mass is 10.0. The van der Waals surface area contributed by atoms with Gasteiger partial charge in [0.05, 0.1) is 11.3 Å². The average molecular weight is 321 g/mol. The molecule has 0 aliphatic rings. The van der Waals surface area contributed by atoms with Crippen molar-refractivity contribution in [3.05, 3.63) is 65.7 Å². The molecule has 5 nitrogen and oxygen atoms in total. The monoisotopic (exact) mass is 321 g/mol. The topological polar surface area (TPSA) is 68.0 Å². The standard InChI is InChI=1S/C19H19N3O2/c1-12(2)18-20-11-21-22(18)17-9-15(8-16(10-17)19(23)24)14-6-4-13(3)5-7-14/h4-12H,1-3H3,(H,23,24). The Kier molecular flexibility index (Phi) is 4.16. The highest BCUT2D eigenvalue weighted by atomic mass is 16.4. The van der Waals surface area contributed by atoms with E-state index in [0.717, 1.165) is 22.5 Å². The van der Waals surface area contributed by atoms with Crippen molar-refractivity contribution < 1.29 is 9.90 Å². The number of aromatic carboxylic acids is 1. The van der Waals surface area contributed by atoms with Gasteiger partial charge in [-0.2, -0.15) is 5.10 Å². The average Bonchev–Trinajstić information content (AvgIpc) is 3.05. The van der Waals surface area contributed by atoms with Gasteiger partial charge in [-0.1, -0.05) is 43.7 Å². The summed E-state index contributed by atoms with van der Waals surface area (Å²) in [6, 6.07) is 13.3. The van der Waals surface area contributed by atoms with Crippen LogP contribution < -0.4 is 0 Å². The summed E-state index contributed by atoms with van der Waals surface area (Å²) in [4.78, 5) is 15.8. The Bertz CT molecular complexity index is 880. The second kappa shape index (κ2) is 6.28. The first kappa shape index (κ1) is 15.9. The second-order valence-corrected chi connectivity index (χ2v) is 6.12. The van der Waals surface area contributed by atoms with E-state index in [-0.39, 0.29) is 11.5 Å². The molecule has 0 aliphatic heterocycles. The van der Waals surface area contributed by atoms with Crippen LogP contribution in [0.1, 0.15) is 41.5 Å². The van der Waals surface area contributed by atoms with Gasteiger partial charge in [0.25, 0.3) is 0 Å². The predicted octanol–water partition coefficient (Wildman–Crippen LogP) is 4.06. The molecule has 0 unspecified atom stereocenters. The molecule has 0 atom stereocenters. The molecule has 0 aliphatic carbocycles. The molecule has 0 spiro atoms. The molecule has 0 fully saturated rings. The molecule has 1 aromatic heterocycles. The fraction of sp³-hybridized carbons (Fsp3) is 0.211. The van der Waals surface area contributed by atoms with E-state index < -0.39 is 5.97 Å². The molecule has 0 amide bonds. The summed E-state index contributed by atoms with van der Waals surface area (Å²) in [6.45, 7) is 6.08. The summed E-state index contributed by atoms with van der Waals surface area (Å²) in [5.41, 5.74) is 3.90. The number of hydrogen-bond acceptors (Lipinski definition) is 3. The van der Waals surface area contributed by atoms with Crippen molar-refractivity contribution in [1.29, 1.82) is 0 Å². The molecule has 1 heterocycles. The summed E-state index contributed by atoms with van der Waals surface area (Å²) in [6.07, 6.45) is 1.49. The van der Waals surface area contributed by atoms with Crippen LogP contribution in [0.5, 0.6) is 0 Å². The number of carboxylic acids is 1. The Morgan fingerprint density at radius 3 is 2.42 bits per heavy atom. The lowest BCUT2D eigenvalue weighted by Crippen LogP contribution is -2.07. The molecular weight excluding hydrogens is 302 g/mol. The first-order valence-corrected chi connectivity index (χ1v) is 7.81. The highest BCUT2D eigenvalue weighted by molar-refractivity contribution is 5.90. The molecule has 0 radical (unpaired) electrons. The van der Waals surface area contributed by atoms with Crippen LogP contribution in [0.25, 0.3) is 16.8 Å². The van der Waals surface area contributed by atoms with Crippen molar-refractivity contribution in [2.24, 2.45) is 0 Å². The van der Waals surface area contributed by atoms with E-state index in [1.165, 1.54) is 6.33 Å². The summed E-state index contributed by atoms with van der Waals surface area (Å²) in [5.74, 6) is 0.0210. The van der Waals surface area contributed by atoms with Gasteiger partial charge in [0.1, 0.15) is 12.2 Å². The smallest absolute Gasteiger partial charge is 0.335 e. The molecule has 2 aromatic carbocycles. The minimum atomic E-state index is -0.962. The highest BCUT2D eigenvalue weighted by Crippen LogP contribution is 2.26. The van der Waals surface area contributed by atoms with Crippen LogP contribution in [0, 0.1) is 6.92 Å². The number of carbonyl (C=O) groups is 1. The quantitative estimate of drug-likeness (QED) is 0.786. The number of carboxylic acid groups (broad SMARTS) is 1.